The maximum absolute atomic E-state index is 13.6. The molecule has 0 spiro atoms. The number of nitrogens with one attached hydrogen (secondary N) is 1. The van der Waals surface area contributed by atoms with Crippen molar-refractivity contribution in [2.24, 2.45) is 0 Å². The molecule has 4 nitrogen and oxygen atoms in total. The molecule has 0 fully saturated rings. The average Bonchev–Trinajstić information content (AvgIpc) is 2.35. The molecule has 1 aromatic carbocycles. The molecule has 0 atom stereocenters. The van der Waals surface area contributed by atoms with Gasteiger partial charge in [0, 0.05) is 18.6 Å². The second-order valence-electron chi connectivity index (χ2n) is 7.33. The van der Waals surface area contributed by atoms with Gasteiger partial charge in [-0.05, 0) is 53.7 Å². The fourth-order valence-electron chi connectivity index (χ4n) is 1.96. The van der Waals surface area contributed by atoms with Crippen molar-refractivity contribution in [3.8, 4) is 0 Å². The van der Waals surface area contributed by atoms with Crippen molar-refractivity contribution in [3.05, 3.63) is 29.8 Å². The lowest BCUT2D eigenvalue weighted by Crippen LogP contribution is -2.49. The summed E-state index contributed by atoms with van der Waals surface area (Å²) in [6.45, 7) is 11.6. The zero-order valence-corrected chi connectivity index (χ0v) is 14.7. The normalized spacial score (nSPS) is 12.0. The van der Waals surface area contributed by atoms with Gasteiger partial charge >= 0.3 is 6.09 Å². The van der Waals surface area contributed by atoms with E-state index in [-0.39, 0.29) is 12.2 Å². The monoisotopic (exact) mass is 328 g/mol. The van der Waals surface area contributed by atoms with Crippen LogP contribution in [0.2, 0.25) is 0 Å². The molecule has 0 unspecified atom stereocenters. The lowest BCUT2D eigenvalue weighted by molar-refractivity contribution is 0.00749. The number of hydrogen-bond donors (Lipinski definition) is 1. The van der Waals surface area contributed by atoms with Gasteiger partial charge in [-0.2, -0.15) is 0 Å². The molecular weight excluding hydrogens is 302 g/mol. The Bertz CT molecular complexity index is 549. The summed E-state index contributed by atoms with van der Waals surface area (Å²) in [7, 11) is 0. The summed E-state index contributed by atoms with van der Waals surface area (Å²) in [5, 5.41) is 2.81. The summed E-state index contributed by atoms with van der Waals surface area (Å²) >= 11 is 0. The van der Waals surface area contributed by atoms with Gasteiger partial charge in [0.25, 0.3) is 0 Å². The number of rotatable bonds is 4. The van der Waals surface area contributed by atoms with Crippen molar-refractivity contribution in [2.45, 2.75) is 52.7 Å². The molecule has 0 radical (unpaired) electrons. The number of anilines is 1. The van der Waals surface area contributed by atoms with E-state index in [2.05, 4.69) is 5.32 Å². The second kappa shape index (κ2) is 7.15. The molecule has 1 amide bonds. The molecule has 6 heteroatoms. The zero-order valence-electron chi connectivity index (χ0n) is 14.7. The summed E-state index contributed by atoms with van der Waals surface area (Å²) in [4.78, 5) is 13.9. The van der Waals surface area contributed by atoms with Crippen molar-refractivity contribution in [1.29, 1.82) is 0 Å². The van der Waals surface area contributed by atoms with Crippen LogP contribution in [0, 0.1) is 11.6 Å². The highest BCUT2D eigenvalue weighted by Gasteiger charge is 2.30. The van der Waals surface area contributed by atoms with Gasteiger partial charge < -0.3 is 15.0 Å². The van der Waals surface area contributed by atoms with E-state index in [0.29, 0.717) is 6.54 Å². The highest BCUT2D eigenvalue weighted by atomic mass is 19.2. The number of carbonyl (C=O) groups is 1. The number of hydrogen-bond acceptors (Lipinski definition) is 3. The van der Waals surface area contributed by atoms with Crippen LogP contribution in [0.5, 0.6) is 0 Å². The quantitative estimate of drug-likeness (QED) is 0.890. The van der Waals surface area contributed by atoms with Gasteiger partial charge in [0.05, 0.1) is 5.69 Å². The van der Waals surface area contributed by atoms with Crippen molar-refractivity contribution in [3.63, 3.8) is 0 Å². The van der Waals surface area contributed by atoms with Gasteiger partial charge in [-0.1, -0.05) is 6.07 Å². The molecule has 0 saturated heterocycles. The predicted octanol–water partition coefficient (Wildman–Crippen LogP) is 4.41. The maximum Gasteiger partial charge on any atom is 0.410 e. The van der Waals surface area contributed by atoms with E-state index in [0.717, 1.165) is 6.07 Å². The van der Waals surface area contributed by atoms with Gasteiger partial charge in [-0.15, -0.1) is 0 Å². The van der Waals surface area contributed by atoms with Crippen LogP contribution in [-0.4, -0.2) is 35.2 Å². The Morgan fingerprint density at radius 2 is 1.78 bits per heavy atom. The van der Waals surface area contributed by atoms with Crippen molar-refractivity contribution < 1.29 is 18.3 Å². The first kappa shape index (κ1) is 19.2. The van der Waals surface area contributed by atoms with Crippen LogP contribution in [0.3, 0.4) is 0 Å². The van der Waals surface area contributed by atoms with Crippen LogP contribution >= 0.6 is 0 Å². The van der Waals surface area contributed by atoms with Crippen LogP contribution in [-0.2, 0) is 4.74 Å². The van der Waals surface area contributed by atoms with Gasteiger partial charge in [-0.3, -0.25) is 0 Å². The standard InChI is InChI=1S/C17H26F2N2O2/c1-16(2,3)21(15(22)23-17(4,5)6)11-10-20-13-9-7-8-12(18)14(13)19/h7-9,20H,10-11H2,1-6H3. The lowest BCUT2D eigenvalue weighted by atomic mass is 10.1. The number of amides is 1. The molecule has 0 aliphatic carbocycles. The number of ether oxygens (including phenoxy) is 1. The second-order valence-corrected chi connectivity index (χ2v) is 7.33. The minimum Gasteiger partial charge on any atom is -0.444 e. The van der Waals surface area contributed by atoms with E-state index in [9.17, 15) is 13.6 Å². The molecule has 1 rings (SSSR count). The summed E-state index contributed by atoms with van der Waals surface area (Å²) < 4.78 is 32.2. The molecule has 130 valence electrons. The fourth-order valence-corrected chi connectivity index (χ4v) is 1.96. The number of benzene rings is 1. The molecule has 23 heavy (non-hydrogen) atoms. The largest absolute Gasteiger partial charge is 0.444 e. The molecule has 0 saturated carbocycles. The lowest BCUT2D eigenvalue weighted by Gasteiger charge is -2.37. The van der Waals surface area contributed by atoms with Gasteiger partial charge in [-0.25, -0.2) is 13.6 Å². The van der Waals surface area contributed by atoms with Crippen LogP contribution in [0.15, 0.2) is 18.2 Å². The molecule has 1 aromatic rings. The summed E-state index contributed by atoms with van der Waals surface area (Å²) in [6, 6.07) is 3.94. The minimum absolute atomic E-state index is 0.0723. The van der Waals surface area contributed by atoms with E-state index in [1.807, 2.05) is 20.8 Å². The number of nitrogens with zero attached hydrogens (tertiary/aromatic N) is 1. The van der Waals surface area contributed by atoms with E-state index < -0.39 is 28.9 Å². The molecular formula is C17H26F2N2O2. The third-order valence-corrected chi connectivity index (χ3v) is 3.03. The van der Waals surface area contributed by atoms with Gasteiger partial charge in [0.15, 0.2) is 11.6 Å². The van der Waals surface area contributed by atoms with E-state index in [4.69, 9.17) is 4.74 Å². The van der Waals surface area contributed by atoms with Crippen molar-refractivity contribution in [2.75, 3.05) is 18.4 Å². The Morgan fingerprint density at radius 3 is 2.30 bits per heavy atom. The minimum atomic E-state index is -0.924. The first-order chi connectivity index (χ1) is 10.4. The van der Waals surface area contributed by atoms with Crippen LogP contribution in [0.4, 0.5) is 19.3 Å². The average molecular weight is 328 g/mol. The Balaban J connectivity index is 2.72. The van der Waals surface area contributed by atoms with Gasteiger partial charge in [0.1, 0.15) is 5.60 Å². The Morgan fingerprint density at radius 1 is 1.17 bits per heavy atom. The summed E-state index contributed by atoms with van der Waals surface area (Å²) in [6.07, 6.45) is -0.438. The highest BCUT2D eigenvalue weighted by molar-refractivity contribution is 5.69. The molecule has 0 bridgehead atoms. The Hall–Kier alpha value is -1.85. The fraction of sp³-hybridized carbons (Fsp3) is 0.588. The number of carbonyl (C=O) groups excluding carboxylic acids is 1. The van der Waals surface area contributed by atoms with Crippen LogP contribution in [0.1, 0.15) is 41.5 Å². The van der Waals surface area contributed by atoms with E-state index >= 15 is 0 Å². The molecule has 0 aliphatic heterocycles. The molecule has 0 aromatic heterocycles. The third kappa shape index (κ3) is 6.04. The smallest absolute Gasteiger partial charge is 0.410 e. The van der Waals surface area contributed by atoms with Crippen LogP contribution < -0.4 is 5.32 Å². The van der Waals surface area contributed by atoms with Gasteiger partial charge in [0.2, 0.25) is 0 Å². The van der Waals surface area contributed by atoms with Crippen molar-refractivity contribution in [1.82, 2.24) is 4.90 Å². The Kier molecular flexibility index (Phi) is 5.97. The summed E-state index contributed by atoms with van der Waals surface area (Å²) in [5.41, 5.74) is -0.976. The SMILES string of the molecule is CC(C)(C)OC(=O)N(CCNc1cccc(F)c1F)C(C)(C)C. The third-order valence-electron chi connectivity index (χ3n) is 3.03. The van der Waals surface area contributed by atoms with Crippen molar-refractivity contribution >= 4 is 11.8 Å². The first-order valence-electron chi connectivity index (χ1n) is 7.60. The maximum atomic E-state index is 13.6. The molecule has 1 N–H and O–H groups in total. The van der Waals surface area contributed by atoms with E-state index in [1.54, 1.807) is 25.7 Å². The number of halogens is 2. The predicted molar refractivity (Wildman–Crippen MR) is 87.5 cm³/mol. The first-order valence-corrected chi connectivity index (χ1v) is 7.60. The topological polar surface area (TPSA) is 41.6 Å². The van der Waals surface area contributed by atoms with Crippen LogP contribution in [0.25, 0.3) is 0 Å². The van der Waals surface area contributed by atoms with E-state index in [1.165, 1.54) is 12.1 Å². The molecule has 0 heterocycles. The zero-order chi connectivity index (χ0) is 17.8. The molecule has 0 aliphatic rings. The highest BCUT2D eigenvalue weighted by Crippen LogP contribution is 2.19. The summed E-state index contributed by atoms with van der Waals surface area (Å²) in [5.74, 6) is -1.83. The Labute approximate surface area is 136 Å².